The highest BCUT2D eigenvalue weighted by atomic mass is 16.5. The van der Waals surface area contributed by atoms with E-state index in [2.05, 4.69) is 20.7 Å². The van der Waals surface area contributed by atoms with Crippen molar-refractivity contribution in [3.8, 4) is 11.4 Å². The van der Waals surface area contributed by atoms with Gasteiger partial charge in [-0.15, -0.1) is 10.2 Å². The summed E-state index contributed by atoms with van der Waals surface area (Å²) in [4.78, 5) is 14.4. The number of nitrogens with zero attached hydrogens (tertiary/aromatic N) is 5. The summed E-state index contributed by atoms with van der Waals surface area (Å²) in [7, 11) is 3.37. The summed E-state index contributed by atoms with van der Waals surface area (Å²) in [6.45, 7) is 1.25. The summed E-state index contributed by atoms with van der Waals surface area (Å²) in [6.07, 6.45) is 1.87. The maximum atomic E-state index is 13.0. The average molecular weight is 376 g/mol. The van der Waals surface area contributed by atoms with Gasteiger partial charge >= 0.3 is 0 Å². The first-order valence-corrected chi connectivity index (χ1v) is 8.88. The molecule has 0 aliphatic carbocycles. The Labute approximate surface area is 161 Å². The number of ether oxygens (including phenoxy) is 1. The lowest BCUT2D eigenvalue weighted by Crippen LogP contribution is -2.11. The fourth-order valence-corrected chi connectivity index (χ4v) is 3.14. The predicted molar refractivity (Wildman–Crippen MR) is 106 cm³/mol. The van der Waals surface area contributed by atoms with Crippen molar-refractivity contribution in [2.75, 3.05) is 19.0 Å². The van der Waals surface area contributed by atoms with Crippen molar-refractivity contribution in [2.24, 2.45) is 7.05 Å². The molecule has 28 heavy (non-hydrogen) atoms. The molecule has 0 atom stereocenters. The van der Waals surface area contributed by atoms with Crippen LogP contribution in [0.15, 0.2) is 54.7 Å². The average Bonchev–Trinajstić information content (AvgIpc) is 3.30. The number of para-hydroxylation sites is 1. The lowest BCUT2D eigenvalue weighted by Gasteiger charge is -2.05. The fourth-order valence-electron chi connectivity index (χ4n) is 3.14. The molecule has 0 aliphatic heterocycles. The van der Waals surface area contributed by atoms with Crippen molar-refractivity contribution in [1.29, 1.82) is 0 Å². The molecule has 1 N–H and O–H groups in total. The van der Waals surface area contributed by atoms with E-state index in [0.29, 0.717) is 30.2 Å². The Hall–Kier alpha value is -3.52. The van der Waals surface area contributed by atoms with Gasteiger partial charge in [0.15, 0.2) is 0 Å². The van der Waals surface area contributed by atoms with E-state index in [0.717, 1.165) is 16.5 Å². The zero-order valence-electron chi connectivity index (χ0n) is 15.7. The summed E-state index contributed by atoms with van der Waals surface area (Å²) < 4.78 is 7.21. The van der Waals surface area contributed by atoms with Gasteiger partial charge in [0.25, 0.3) is 5.91 Å². The Morgan fingerprint density at radius 3 is 2.82 bits per heavy atom. The third-order valence-corrected chi connectivity index (χ3v) is 4.46. The SMILES string of the molecule is COCCn1cc(C(=O)Nc2cccc(-c3nnn(C)n3)c2)c2ccccc21. The fraction of sp³-hybridized carbons (Fsp3) is 0.200. The molecule has 0 unspecified atom stereocenters. The number of fused-ring (bicyclic) bond motifs is 1. The van der Waals surface area contributed by atoms with Crippen molar-refractivity contribution in [3.63, 3.8) is 0 Å². The number of carbonyl (C=O) groups is 1. The van der Waals surface area contributed by atoms with Gasteiger partial charge in [0.1, 0.15) is 0 Å². The largest absolute Gasteiger partial charge is 0.383 e. The van der Waals surface area contributed by atoms with Crippen LogP contribution in [0.2, 0.25) is 0 Å². The van der Waals surface area contributed by atoms with Crippen LogP contribution in [-0.2, 0) is 18.3 Å². The molecule has 4 rings (SSSR count). The lowest BCUT2D eigenvalue weighted by atomic mass is 10.1. The van der Waals surface area contributed by atoms with Crippen LogP contribution in [-0.4, -0.2) is 44.4 Å². The lowest BCUT2D eigenvalue weighted by molar-refractivity contribution is 0.102. The molecule has 0 fully saturated rings. The molecule has 0 bridgehead atoms. The van der Waals surface area contributed by atoms with Gasteiger partial charge in [0, 0.05) is 42.0 Å². The first kappa shape index (κ1) is 17.9. The zero-order chi connectivity index (χ0) is 19.5. The van der Waals surface area contributed by atoms with Gasteiger partial charge in [-0.1, -0.05) is 30.3 Å². The first-order valence-electron chi connectivity index (χ1n) is 8.88. The minimum Gasteiger partial charge on any atom is -0.383 e. The van der Waals surface area contributed by atoms with Crippen molar-refractivity contribution < 1.29 is 9.53 Å². The van der Waals surface area contributed by atoms with Gasteiger partial charge in [-0.2, -0.15) is 4.80 Å². The third kappa shape index (κ3) is 3.49. The molecule has 142 valence electrons. The number of tetrazole rings is 1. The molecule has 8 heteroatoms. The number of rotatable bonds is 6. The molecular formula is C20H20N6O2. The molecule has 0 saturated heterocycles. The number of nitrogens with one attached hydrogen (secondary N) is 1. The van der Waals surface area contributed by atoms with Gasteiger partial charge in [-0.25, -0.2) is 0 Å². The Morgan fingerprint density at radius 2 is 2.04 bits per heavy atom. The standard InChI is InChI=1S/C20H20N6O2/c1-25-23-19(22-24-25)14-6-5-7-15(12-14)21-20(27)17-13-26(10-11-28-2)18-9-4-3-8-16(17)18/h3-9,12-13H,10-11H2,1-2H3,(H,21,27). The van der Waals surface area contributed by atoms with E-state index in [9.17, 15) is 4.79 Å². The van der Waals surface area contributed by atoms with Gasteiger partial charge in [0.2, 0.25) is 5.82 Å². The van der Waals surface area contributed by atoms with Crippen molar-refractivity contribution >= 4 is 22.5 Å². The number of aryl methyl sites for hydroxylation is 1. The van der Waals surface area contributed by atoms with Crippen LogP contribution in [0.25, 0.3) is 22.3 Å². The van der Waals surface area contributed by atoms with Crippen molar-refractivity contribution in [2.45, 2.75) is 6.54 Å². The van der Waals surface area contributed by atoms with Gasteiger partial charge in [-0.05, 0) is 23.4 Å². The number of methoxy groups -OCH3 is 1. The van der Waals surface area contributed by atoms with E-state index >= 15 is 0 Å². The number of benzene rings is 2. The Kier molecular flexibility index (Phi) is 4.86. The number of carbonyl (C=O) groups excluding carboxylic acids is 1. The number of hydrogen-bond acceptors (Lipinski definition) is 5. The predicted octanol–water partition coefficient (Wildman–Crippen LogP) is 2.73. The second-order valence-electron chi connectivity index (χ2n) is 6.38. The summed E-state index contributed by atoms with van der Waals surface area (Å²) in [5.41, 5.74) is 3.08. The van der Waals surface area contributed by atoms with E-state index in [-0.39, 0.29) is 5.91 Å². The van der Waals surface area contributed by atoms with Crippen molar-refractivity contribution in [3.05, 3.63) is 60.3 Å². The summed E-state index contributed by atoms with van der Waals surface area (Å²) in [5, 5.41) is 15.9. The minimum absolute atomic E-state index is 0.170. The highest BCUT2D eigenvalue weighted by molar-refractivity contribution is 6.13. The Balaban J connectivity index is 1.62. The second-order valence-corrected chi connectivity index (χ2v) is 6.38. The van der Waals surface area contributed by atoms with Crippen LogP contribution in [0.5, 0.6) is 0 Å². The molecule has 0 spiro atoms. The van der Waals surface area contributed by atoms with Crippen LogP contribution in [0.4, 0.5) is 5.69 Å². The summed E-state index contributed by atoms with van der Waals surface area (Å²) >= 11 is 0. The van der Waals surface area contributed by atoms with E-state index in [4.69, 9.17) is 4.74 Å². The number of amides is 1. The van der Waals surface area contributed by atoms with E-state index in [1.165, 1.54) is 4.80 Å². The normalized spacial score (nSPS) is 11.1. The van der Waals surface area contributed by atoms with E-state index in [1.54, 1.807) is 14.2 Å². The van der Waals surface area contributed by atoms with E-state index in [1.807, 2.05) is 59.3 Å². The van der Waals surface area contributed by atoms with Crippen molar-refractivity contribution in [1.82, 2.24) is 24.8 Å². The van der Waals surface area contributed by atoms with Crippen LogP contribution < -0.4 is 5.32 Å². The molecule has 2 aromatic heterocycles. The maximum absolute atomic E-state index is 13.0. The second kappa shape index (κ2) is 7.61. The molecule has 2 aromatic carbocycles. The van der Waals surface area contributed by atoms with Gasteiger partial charge in [-0.3, -0.25) is 4.79 Å². The number of anilines is 1. The molecule has 2 heterocycles. The molecule has 1 amide bonds. The molecule has 0 radical (unpaired) electrons. The molecular weight excluding hydrogens is 356 g/mol. The molecule has 4 aromatic rings. The zero-order valence-corrected chi connectivity index (χ0v) is 15.7. The first-order chi connectivity index (χ1) is 13.7. The monoisotopic (exact) mass is 376 g/mol. The highest BCUT2D eigenvalue weighted by Crippen LogP contribution is 2.24. The van der Waals surface area contributed by atoms with Crippen LogP contribution >= 0.6 is 0 Å². The molecule has 0 aliphatic rings. The van der Waals surface area contributed by atoms with Gasteiger partial charge in [0.05, 0.1) is 19.2 Å². The maximum Gasteiger partial charge on any atom is 0.257 e. The van der Waals surface area contributed by atoms with E-state index < -0.39 is 0 Å². The Bertz CT molecular complexity index is 1130. The topological polar surface area (TPSA) is 86.9 Å². The third-order valence-electron chi connectivity index (χ3n) is 4.46. The highest BCUT2D eigenvalue weighted by Gasteiger charge is 2.15. The minimum atomic E-state index is -0.170. The summed E-state index contributed by atoms with van der Waals surface area (Å²) in [6, 6.07) is 15.2. The number of hydrogen-bond donors (Lipinski definition) is 1. The van der Waals surface area contributed by atoms with Crippen LogP contribution in [0.3, 0.4) is 0 Å². The molecule has 8 nitrogen and oxygen atoms in total. The smallest absolute Gasteiger partial charge is 0.257 e. The van der Waals surface area contributed by atoms with Gasteiger partial charge < -0.3 is 14.6 Å². The Morgan fingerprint density at radius 1 is 1.18 bits per heavy atom. The quantitative estimate of drug-likeness (QED) is 0.559. The van der Waals surface area contributed by atoms with Crippen LogP contribution in [0, 0.1) is 0 Å². The summed E-state index contributed by atoms with van der Waals surface area (Å²) in [5.74, 6) is 0.339. The molecule has 0 saturated carbocycles. The number of aromatic nitrogens is 5. The van der Waals surface area contributed by atoms with Crippen LogP contribution in [0.1, 0.15) is 10.4 Å².